The fourth-order valence-corrected chi connectivity index (χ4v) is 3.41. The van der Waals surface area contributed by atoms with E-state index in [9.17, 15) is 13.6 Å². The summed E-state index contributed by atoms with van der Waals surface area (Å²) in [5.41, 5.74) is 0.463. The van der Waals surface area contributed by atoms with Gasteiger partial charge < -0.3 is 9.64 Å². The Bertz CT molecular complexity index is 729. The van der Waals surface area contributed by atoms with Gasteiger partial charge in [0.15, 0.2) is 0 Å². The molecule has 0 saturated carbocycles. The van der Waals surface area contributed by atoms with Gasteiger partial charge in [0.1, 0.15) is 16.6 Å². The number of carbonyl (C=O) groups excluding carboxylic acids is 1. The smallest absolute Gasteiger partial charge is 0.323 e. The molecule has 1 saturated heterocycles. The number of carbonyl (C=O) groups is 1. The van der Waals surface area contributed by atoms with Crippen molar-refractivity contribution in [3.05, 3.63) is 40.4 Å². The number of halogens is 2. The van der Waals surface area contributed by atoms with Gasteiger partial charge >= 0.3 is 6.03 Å². The van der Waals surface area contributed by atoms with E-state index >= 15 is 0 Å². The number of amides is 2. The maximum absolute atomic E-state index is 13.2. The molecule has 0 aliphatic carbocycles. The van der Waals surface area contributed by atoms with E-state index in [-0.39, 0.29) is 12.5 Å². The molecule has 1 unspecified atom stereocenters. The highest BCUT2D eigenvalue weighted by atomic mass is 32.1. The van der Waals surface area contributed by atoms with Crippen LogP contribution in [0.3, 0.4) is 0 Å². The van der Waals surface area contributed by atoms with Crippen LogP contribution in [0, 0.1) is 17.6 Å². The molecule has 1 N–H and O–H groups in total. The average molecular weight is 368 g/mol. The first-order valence-electron chi connectivity index (χ1n) is 7.87. The molecule has 1 atom stereocenters. The summed E-state index contributed by atoms with van der Waals surface area (Å²) in [5, 5.41) is 11.5. The fraction of sp³-hybridized carbons (Fsp3) is 0.438. The lowest BCUT2D eigenvalue weighted by Gasteiger charge is -2.19. The van der Waals surface area contributed by atoms with Crippen molar-refractivity contribution in [1.82, 2.24) is 15.1 Å². The fourth-order valence-electron chi connectivity index (χ4n) is 2.65. The molecule has 6 nitrogen and oxygen atoms in total. The highest BCUT2D eigenvalue weighted by molar-refractivity contribution is 7.15. The first kappa shape index (κ1) is 17.7. The van der Waals surface area contributed by atoms with Crippen LogP contribution in [0.15, 0.2) is 18.2 Å². The van der Waals surface area contributed by atoms with Crippen LogP contribution in [-0.2, 0) is 11.2 Å². The summed E-state index contributed by atoms with van der Waals surface area (Å²) >= 11 is 1.18. The van der Waals surface area contributed by atoms with E-state index < -0.39 is 11.6 Å². The van der Waals surface area contributed by atoms with Crippen LogP contribution < -0.4 is 5.32 Å². The van der Waals surface area contributed by atoms with Gasteiger partial charge in [0.2, 0.25) is 5.13 Å². The van der Waals surface area contributed by atoms with Gasteiger partial charge in [-0.2, -0.15) is 0 Å². The molecule has 1 aliphatic heterocycles. The Morgan fingerprint density at radius 1 is 1.36 bits per heavy atom. The topological polar surface area (TPSA) is 67.3 Å². The largest absolute Gasteiger partial charge is 0.381 e. The Balaban J connectivity index is 1.56. The van der Waals surface area contributed by atoms with E-state index in [4.69, 9.17) is 4.74 Å². The van der Waals surface area contributed by atoms with Gasteiger partial charge in [-0.05, 0) is 24.1 Å². The number of urea groups is 1. The quantitative estimate of drug-likeness (QED) is 0.881. The summed E-state index contributed by atoms with van der Waals surface area (Å²) in [6.45, 7) is 2.02. The number of rotatable bonds is 5. The number of benzene rings is 1. The second-order valence-corrected chi connectivity index (χ2v) is 7.06. The Hall–Kier alpha value is -2.13. The van der Waals surface area contributed by atoms with Crippen LogP contribution in [0.5, 0.6) is 0 Å². The van der Waals surface area contributed by atoms with Crippen molar-refractivity contribution in [3.63, 3.8) is 0 Å². The molecule has 1 fully saturated rings. The molecule has 2 heterocycles. The Morgan fingerprint density at radius 2 is 2.12 bits per heavy atom. The molecule has 1 aromatic carbocycles. The minimum atomic E-state index is -0.634. The molecule has 1 aliphatic rings. The molecule has 2 aromatic rings. The number of aromatic nitrogens is 2. The van der Waals surface area contributed by atoms with E-state index in [2.05, 4.69) is 15.5 Å². The predicted octanol–water partition coefficient (Wildman–Crippen LogP) is 2.91. The summed E-state index contributed by atoms with van der Waals surface area (Å²) in [6, 6.07) is 3.05. The van der Waals surface area contributed by atoms with Crippen LogP contribution in [0.25, 0.3) is 0 Å². The lowest BCUT2D eigenvalue weighted by Crippen LogP contribution is -2.35. The Morgan fingerprint density at radius 3 is 2.80 bits per heavy atom. The number of ether oxygens (including phenoxy) is 1. The highest BCUT2D eigenvalue weighted by Crippen LogP contribution is 2.20. The number of nitrogens with one attached hydrogen (secondary N) is 1. The molecule has 25 heavy (non-hydrogen) atoms. The van der Waals surface area contributed by atoms with E-state index in [0.717, 1.165) is 19.1 Å². The zero-order valence-corrected chi connectivity index (χ0v) is 14.5. The SMILES string of the molecule is CN(CC1CCOC1)C(=O)Nc1nnc(Cc2cc(F)cc(F)c2)s1. The summed E-state index contributed by atoms with van der Waals surface area (Å²) in [6.07, 6.45) is 1.20. The molecule has 3 rings (SSSR count). The van der Waals surface area contributed by atoms with Gasteiger partial charge in [-0.25, -0.2) is 13.6 Å². The van der Waals surface area contributed by atoms with Gasteiger partial charge in [-0.15, -0.1) is 10.2 Å². The van der Waals surface area contributed by atoms with Crippen LogP contribution in [0.1, 0.15) is 17.0 Å². The first-order valence-corrected chi connectivity index (χ1v) is 8.68. The molecule has 134 valence electrons. The number of hydrogen-bond donors (Lipinski definition) is 1. The van der Waals surface area contributed by atoms with Gasteiger partial charge in [0, 0.05) is 38.6 Å². The first-order chi connectivity index (χ1) is 12.0. The van der Waals surface area contributed by atoms with Crippen molar-refractivity contribution >= 4 is 22.5 Å². The lowest BCUT2D eigenvalue weighted by molar-refractivity contribution is 0.175. The van der Waals surface area contributed by atoms with Gasteiger partial charge in [0.25, 0.3) is 0 Å². The lowest BCUT2D eigenvalue weighted by atomic mass is 10.1. The number of nitrogens with zero attached hydrogens (tertiary/aromatic N) is 3. The molecule has 1 aromatic heterocycles. The minimum Gasteiger partial charge on any atom is -0.381 e. The maximum atomic E-state index is 13.2. The standard InChI is InChI=1S/C16H18F2N4O2S/c1-22(8-10-2-3-24-9-10)16(23)19-15-21-20-14(25-15)6-11-4-12(17)7-13(18)5-11/h4-5,7,10H,2-3,6,8-9H2,1H3,(H,19,21,23). The molecule has 0 bridgehead atoms. The molecular formula is C16H18F2N4O2S. The second-order valence-electron chi connectivity index (χ2n) is 6.00. The van der Waals surface area contributed by atoms with Crippen molar-refractivity contribution in [2.45, 2.75) is 12.8 Å². The molecular weight excluding hydrogens is 350 g/mol. The van der Waals surface area contributed by atoms with Crippen LogP contribution in [-0.4, -0.2) is 47.9 Å². The van der Waals surface area contributed by atoms with E-state index in [0.29, 0.717) is 34.8 Å². The molecule has 0 spiro atoms. The zero-order chi connectivity index (χ0) is 17.8. The Labute approximate surface area is 147 Å². The van der Waals surface area contributed by atoms with E-state index in [1.54, 1.807) is 11.9 Å². The summed E-state index contributed by atoms with van der Waals surface area (Å²) < 4.78 is 31.7. The van der Waals surface area contributed by atoms with Crippen LogP contribution in [0.4, 0.5) is 18.7 Å². The average Bonchev–Trinajstić information content (AvgIpc) is 3.18. The maximum Gasteiger partial charge on any atom is 0.323 e. The number of hydrogen-bond acceptors (Lipinski definition) is 5. The van der Waals surface area contributed by atoms with Gasteiger partial charge in [-0.1, -0.05) is 11.3 Å². The molecule has 2 amide bonds. The van der Waals surface area contributed by atoms with Crippen molar-refractivity contribution < 1.29 is 18.3 Å². The summed E-state index contributed by atoms with van der Waals surface area (Å²) in [4.78, 5) is 13.8. The molecule has 0 radical (unpaired) electrons. The predicted molar refractivity (Wildman–Crippen MR) is 89.6 cm³/mol. The third-order valence-corrected chi connectivity index (χ3v) is 4.70. The minimum absolute atomic E-state index is 0.247. The Kier molecular flexibility index (Phi) is 5.54. The third-order valence-electron chi connectivity index (χ3n) is 3.86. The molecule has 9 heteroatoms. The van der Waals surface area contributed by atoms with Crippen molar-refractivity contribution in [2.75, 3.05) is 32.1 Å². The normalized spacial score (nSPS) is 16.8. The summed E-state index contributed by atoms with van der Waals surface area (Å²) in [7, 11) is 1.71. The van der Waals surface area contributed by atoms with E-state index in [1.807, 2.05) is 0 Å². The second kappa shape index (κ2) is 7.83. The number of anilines is 1. The van der Waals surface area contributed by atoms with Crippen LogP contribution >= 0.6 is 11.3 Å². The van der Waals surface area contributed by atoms with Crippen molar-refractivity contribution in [2.24, 2.45) is 5.92 Å². The van der Waals surface area contributed by atoms with Gasteiger partial charge in [-0.3, -0.25) is 5.32 Å². The van der Waals surface area contributed by atoms with Crippen molar-refractivity contribution in [1.29, 1.82) is 0 Å². The highest BCUT2D eigenvalue weighted by Gasteiger charge is 2.20. The zero-order valence-electron chi connectivity index (χ0n) is 13.7. The van der Waals surface area contributed by atoms with Crippen molar-refractivity contribution in [3.8, 4) is 0 Å². The van der Waals surface area contributed by atoms with Gasteiger partial charge in [0.05, 0.1) is 6.61 Å². The van der Waals surface area contributed by atoms with Crippen LogP contribution in [0.2, 0.25) is 0 Å². The monoisotopic (exact) mass is 368 g/mol. The third kappa shape index (κ3) is 4.93. The summed E-state index contributed by atoms with van der Waals surface area (Å²) in [5.74, 6) is -0.917. The van der Waals surface area contributed by atoms with E-state index in [1.165, 1.54) is 23.5 Å².